The van der Waals surface area contributed by atoms with Crippen LogP contribution in [-0.4, -0.2) is 37.5 Å². The highest BCUT2D eigenvalue weighted by Gasteiger charge is 2.25. The van der Waals surface area contributed by atoms with Crippen LogP contribution in [0.4, 0.5) is 0 Å². The summed E-state index contributed by atoms with van der Waals surface area (Å²) in [5.74, 6) is -1.59. The Bertz CT molecular complexity index is 660. The number of hydrogen-bond donors (Lipinski definition) is 4. The van der Waals surface area contributed by atoms with Gasteiger partial charge in [0.1, 0.15) is 17.4 Å². The maximum absolute atomic E-state index is 10.5. The van der Waals surface area contributed by atoms with Gasteiger partial charge in [-0.2, -0.15) is 0 Å². The van der Waals surface area contributed by atoms with Crippen molar-refractivity contribution < 1.29 is 25.2 Å². The summed E-state index contributed by atoms with van der Waals surface area (Å²) in [6.07, 6.45) is -2.34. The number of aromatic hydroxyl groups is 1. The predicted molar refractivity (Wildman–Crippen MR) is 71.6 cm³/mol. The van der Waals surface area contributed by atoms with Gasteiger partial charge < -0.3 is 20.4 Å². The highest BCUT2D eigenvalue weighted by atomic mass is 35.5. The van der Waals surface area contributed by atoms with E-state index < -0.39 is 24.6 Å². The minimum atomic E-state index is -1.57. The molecular weight excluding hydrogens is 286 g/mol. The van der Waals surface area contributed by atoms with Crippen molar-refractivity contribution in [1.82, 2.24) is 4.98 Å². The van der Waals surface area contributed by atoms with Crippen molar-refractivity contribution in [2.45, 2.75) is 18.6 Å². The van der Waals surface area contributed by atoms with E-state index in [4.69, 9.17) is 16.7 Å². The number of aliphatic hydroxyl groups excluding tert-OH is 2. The van der Waals surface area contributed by atoms with E-state index in [1.54, 1.807) is 12.1 Å². The van der Waals surface area contributed by atoms with Crippen molar-refractivity contribution in [3.05, 3.63) is 35.0 Å². The number of carboxylic acids is 1. The number of nitrogens with zero attached hydrogens (tertiary/aromatic N) is 1. The lowest BCUT2D eigenvalue weighted by Gasteiger charge is -2.18. The molecule has 0 aliphatic heterocycles. The molecule has 2 unspecified atom stereocenters. The molecule has 0 aliphatic carbocycles. The number of aliphatic hydroxyl groups is 2. The van der Waals surface area contributed by atoms with Gasteiger partial charge in [0.15, 0.2) is 0 Å². The van der Waals surface area contributed by atoms with Crippen LogP contribution in [0.15, 0.2) is 24.4 Å². The second-order valence-corrected chi connectivity index (χ2v) is 4.71. The Kier molecular flexibility index (Phi) is 4.08. The van der Waals surface area contributed by atoms with Gasteiger partial charge >= 0.3 is 5.97 Å². The number of carboxylic acid groups (broad SMARTS) is 1. The number of benzene rings is 1. The minimum Gasteiger partial charge on any atom is -0.505 e. The molecule has 0 saturated carbocycles. The second kappa shape index (κ2) is 5.62. The molecule has 0 aliphatic rings. The number of hydrogen-bond acceptors (Lipinski definition) is 5. The zero-order valence-corrected chi connectivity index (χ0v) is 10.9. The van der Waals surface area contributed by atoms with Gasteiger partial charge in [0, 0.05) is 17.1 Å². The number of halogens is 1. The molecule has 2 rings (SSSR count). The molecule has 0 spiro atoms. The van der Waals surface area contributed by atoms with E-state index in [2.05, 4.69) is 4.98 Å². The summed E-state index contributed by atoms with van der Waals surface area (Å²) in [6.45, 7) is 0. The van der Waals surface area contributed by atoms with Gasteiger partial charge in [-0.3, -0.25) is 9.78 Å². The van der Waals surface area contributed by atoms with E-state index in [1.165, 1.54) is 12.3 Å². The van der Waals surface area contributed by atoms with Gasteiger partial charge in [-0.05, 0) is 18.2 Å². The lowest BCUT2D eigenvalue weighted by molar-refractivity contribution is -0.141. The van der Waals surface area contributed by atoms with Gasteiger partial charge in [-0.25, -0.2) is 0 Å². The average molecular weight is 298 g/mol. The van der Waals surface area contributed by atoms with Gasteiger partial charge in [-0.15, -0.1) is 0 Å². The normalized spacial score (nSPS) is 14.2. The SMILES string of the molecule is O=C(O)CC(O)C(O)c1cc(Cl)c2cccnc2c1O. The van der Waals surface area contributed by atoms with Crippen LogP contribution in [0.1, 0.15) is 18.1 Å². The summed E-state index contributed by atoms with van der Waals surface area (Å²) in [5.41, 5.74) is 0.117. The Hall–Kier alpha value is -1.89. The number of aliphatic carboxylic acids is 1. The van der Waals surface area contributed by atoms with Gasteiger partial charge in [0.25, 0.3) is 0 Å². The Morgan fingerprint density at radius 1 is 1.40 bits per heavy atom. The van der Waals surface area contributed by atoms with Crippen molar-refractivity contribution in [2.24, 2.45) is 0 Å². The molecule has 7 heteroatoms. The number of rotatable bonds is 4. The standard InChI is InChI=1S/C13H12ClNO5/c14-8-4-7(12(19)9(16)5-10(17)18)13(20)11-6(8)2-1-3-15-11/h1-4,9,12,16,19-20H,5H2,(H,17,18). The fraction of sp³-hybridized carbons (Fsp3) is 0.231. The molecule has 2 aromatic rings. The molecule has 2 atom stereocenters. The summed E-state index contributed by atoms with van der Waals surface area (Å²) >= 11 is 6.03. The molecule has 0 amide bonds. The van der Waals surface area contributed by atoms with Gasteiger partial charge in [-0.1, -0.05) is 11.6 Å². The molecule has 1 aromatic carbocycles. The monoisotopic (exact) mass is 297 g/mol. The van der Waals surface area contributed by atoms with Gasteiger partial charge in [0.05, 0.1) is 17.5 Å². The fourth-order valence-corrected chi connectivity index (χ4v) is 2.20. The number of pyridine rings is 1. The van der Waals surface area contributed by atoms with Crippen LogP contribution < -0.4 is 0 Å². The van der Waals surface area contributed by atoms with E-state index in [-0.39, 0.29) is 21.9 Å². The summed E-state index contributed by atoms with van der Waals surface area (Å²) in [6, 6.07) is 4.58. The molecular formula is C13H12ClNO5. The van der Waals surface area contributed by atoms with Crippen LogP contribution in [0.5, 0.6) is 5.75 Å². The Balaban J connectivity index is 2.49. The van der Waals surface area contributed by atoms with Crippen molar-refractivity contribution in [1.29, 1.82) is 0 Å². The van der Waals surface area contributed by atoms with E-state index in [1.807, 2.05) is 0 Å². The second-order valence-electron chi connectivity index (χ2n) is 4.31. The number of fused-ring (bicyclic) bond motifs is 1. The zero-order chi connectivity index (χ0) is 14.9. The molecule has 0 fully saturated rings. The maximum Gasteiger partial charge on any atom is 0.306 e. The first-order chi connectivity index (χ1) is 9.41. The molecule has 106 valence electrons. The quantitative estimate of drug-likeness (QED) is 0.680. The largest absolute Gasteiger partial charge is 0.505 e. The van der Waals surface area contributed by atoms with Crippen molar-refractivity contribution >= 4 is 28.5 Å². The minimum absolute atomic E-state index is 0.0602. The third kappa shape index (κ3) is 2.67. The fourth-order valence-electron chi connectivity index (χ4n) is 1.93. The molecule has 6 nitrogen and oxygen atoms in total. The van der Waals surface area contributed by atoms with Gasteiger partial charge in [0.2, 0.25) is 0 Å². The molecule has 4 N–H and O–H groups in total. The van der Waals surface area contributed by atoms with E-state index >= 15 is 0 Å². The Labute approximate surface area is 118 Å². The first-order valence-electron chi connectivity index (χ1n) is 5.76. The number of carbonyl (C=O) groups is 1. The lowest BCUT2D eigenvalue weighted by atomic mass is 9.99. The van der Waals surface area contributed by atoms with Crippen LogP contribution >= 0.6 is 11.6 Å². The predicted octanol–water partition coefficient (Wildman–Crippen LogP) is 1.46. The highest BCUT2D eigenvalue weighted by molar-refractivity contribution is 6.35. The first-order valence-corrected chi connectivity index (χ1v) is 6.13. The van der Waals surface area contributed by atoms with Crippen LogP contribution in [0.25, 0.3) is 10.9 Å². The third-order valence-electron chi connectivity index (χ3n) is 2.91. The van der Waals surface area contributed by atoms with Crippen LogP contribution in [0.3, 0.4) is 0 Å². The molecule has 1 aromatic heterocycles. The number of phenols is 1. The highest BCUT2D eigenvalue weighted by Crippen LogP contribution is 2.37. The van der Waals surface area contributed by atoms with E-state index in [0.717, 1.165) is 0 Å². The summed E-state index contributed by atoms with van der Waals surface area (Å²) in [7, 11) is 0. The van der Waals surface area contributed by atoms with Crippen molar-refractivity contribution in [3.63, 3.8) is 0 Å². The zero-order valence-electron chi connectivity index (χ0n) is 10.2. The Morgan fingerprint density at radius 2 is 2.10 bits per heavy atom. The maximum atomic E-state index is 10.5. The molecule has 20 heavy (non-hydrogen) atoms. The van der Waals surface area contributed by atoms with Crippen molar-refractivity contribution in [3.8, 4) is 5.75 Å². The molecule has 1 heterocycles. The third-order valence-corrected chi connectivity index (χ3v) is 3.22. The number of aromatic nitrogens is 1. The Morgan fingerprint density at radius 3 is 2.75 bits per heavy atom. The number of phenolic OH excluding ortho intramolecular Hbond substituents is 1. The van der Waals surface area contributed by atoms with Crippen molar-refractivity contribution in [2.75, 3.05) is 0 Å². The molecule has 0 saturated heterocycles. The average Bonchev–Trinajstić information content (AvgIpc) is 2.41. The topological polar surface area (TPSA) is 111 Å². The first kappa shape index (κ1) is 14.5. The summed E-state index contributed by atoms with van der Waals surface area (Å²) < 4.78 is 0. The van der Waals surface area contributed by atoms with Crippen LogP contribution in [0.2, 0.25) is 5.02 Å². The smallest absolute Gasteiger partial charge is 0.306 e. The molecule has 0 bridgehead atoms. The van der Waals surface area contributed by atoms with Crippen LogP contribution in [-0.2, 0) is 4.79 Å². The van der Waals surface area contributed by atoms with E-state index in [0.29, 0.717) is 5.39 Å². The summed E-state index contributed by atoms with van der Waals surface area (Å²) in [5, 5.41) is 39.0. The lowest BCUT2D eigenvalue weighted by Crippen LogP contribution is -2.22. The van der Waals surface area contributed by atoms with E-state index in [9.17, 15) is 20.1 Å². The summed E-state index contributed by atoms with van der Waals surface area (Å²) in [4.78, 5) is 14.5. The van der Waals surface area contributed by atoms with Crippen LogP contribution in [0, 0.1) is 0 Å². The molecule has 0 radical (unpaired) electrons.